The number of rotatable bonds is 7. The second kappa shape index (κ2) is 7.53. The molecule has 6 nitrogen and oxygen atoms in total. The molecule has 1 amide bonds. The van der Waals surface area contributed by atoms with Crippen LogP contribution in [0.1, 0.15) is 17.3 Å². The number of imidazole rings is 1. The maximum absolute atomic E-state index is 12.8. The molecule has 2 aromatic heterocycles. The number of benzene rings is 1. The summed E-state index contributed by atoms with van der Waals surface area (Å²) < 4.78 is 4.12. The molecule has 1 atom stereocenters. The van der Waals surface area contributed by atoms with E-state index < -0.39 is 0 Å². The first-order chi connectivity index (χ1) is 12.0. The zero-order chi connectivity index (χ0) is 17.8. The molecule has 132 valence electrons. The van der Waals surface area contributed by atoms with E-state index in [1.807, 2.05) is 42.1 Å². The van der Waals surface area contributed by atoms with Crippen molar-refractivity contribution in [2.45, 2.75) is 26.1 Å². The van der Waals surface area contributed by atoms with Gasteiger partial charge in [0.15, 0.2) is 0 Å². The Morgan fingerprint density at radius 2 is 2.12 bits per heavy atom. The van der Waals surface area contributed by atoms with Crippen molar-refractivity contribution in [3.63, 3.8) is 0 Å². The van der Waals surface area contributed by atoms with Gasteiger partial charge < -0.3 is 19.4 Å². The highest BCUT2D eigenvalue weighted by atomic mass is 16.1. The summed E-state index contributed by atoms with van der Waals surface area (Å²) in [7, 11) is 4.11. The highest BCUT2D eigenvalue weighted by molar-refractivity contribution is 6.07. The highest BCUT2D eigenvalue weighted by Crippen LogP contribution is 2.21. The molecule has 0 aliphatic rings. The fraction of sp³-hybridized carbons (Fsp3) is 0.368. The average Bonchev–Trinajstić information content (AvgIpc) is 3.20. The summed E-state index contributed by atoms with van der Waals surface area (Å²) in [6.45, 7) is 4.48. The second-order valence-corrected chi connectivity index (χ2v) is 6.69. The van der Waals surface area contributed by atoms with Crippen LogP contribution in [-0.2, 0) is 13.1 Å². The molecule has 0 fully saturated rings. The van der Waals surface area contributed by atoms with E-state index in [4.69, 9.17) is 0 Å². The molecule has 1 unspecified atom stereocenters. The smallest absolute Gasteiger partial charge is 0.253 e. The van der Waals surface area contributed by atoms with E-state index in [9.17, 15) is 4.79 Å². The summed E-state index contributed by atoms with van der Waals surface area (Å²) in [6.07, 6.45) is 7.37. The van der Waals surface area contributed by atoms with Crippen LogP contribution < -0.4 is 5.32 Å². The van der Waals surface area contributed by atoms with E-state index >= 15 is 0 Å². The van der Waals surface area contributed by atoms with Crippen molar-refractivity contribution in [3.05, 3.63) is 54.7 Å². The summed E-state index contributed by atoms with van der Waals surface area (Å²) in [6, 6.07) is 8.08. The van der Waals surface area contributed by atoms with Gasteiger partial charge in [-0.2, -0.15) is 0 Å². The fourth-order valence-electron chi connectivity index (χ4n) is 2.98. The van der Waals surface area contributed by atoms with Crippen molar-refractivity contribution in [2.75, 3.05) is 20.6 Å². The predicted molar refractivity (Wildman–Crippen MR) is 99.6 cm³/mol. The van der Waals surface area contributed by atoms with Crippen molar-refractivity contribution in [2.24, 2.45) is 0 Å². The molecule has 0 saturated heterocycles. The van der Waals surface area contributed by atoms with Crippen LogP contribution in [0.25, 0.3) is 10.9 Å². The van der Waals surface area contributed by atoms with Crippen LogP contribution in [0.5, 0.6) is 0 Å². The van der Waals surface area contributed by atoms with Crippen LogP contribution in [0, 0.1) is 0 Å². The van der Waals surface area contributed by atoms with Crippen LogP contribution >= 0.6 is 0 Å². The Hall–Kier alpha value is -2.60. The van der Waals surface area contributed by atoms with Gasteiger partial charge in [0.25, 0.3) is 5.91 Å². The van der Waals surface area contributed by atoms with Crippen LogP contribution in [-0.4, -0.2) is 51.6 Å². The largest absolute Gasteiger partial charge is 0.348 e. The Kier molecular flexibility index (Phi) is 5.19. The maximum atomic E-state index is 12.8. The Labute approximate surface area is 148 Å². The zero-order valence-corrected chi connectivity index (χ0v) is 15.0. The lowest BCUT2D eigenvalue weighted by Gasteiger charge is -2.14. The van der Waals surface area contributed by atoms with Crippen molar-refractivity contribution < 1.29 is 4.79 Å². The van der Waals surface area contributed by atoms with Crippen LogP contribution in [0.4, 0.5) is 0 Å². The monoisotopic (exact) mass is 339 g/mol. The molecule has 3 rings (SSSR count). The summed E-state index contributed by atoms with van der Waals surface area (Å²) in [5.74, 6) is -0.0348. The number of carbonyl (C=O) groups excluding carboxylic acids is 1. The van der Waals surface area contributed by atoms with E-state index in [0.29, 0.717) is 6.54 Å². The molecule has 3 aromatic rings. The topological polar surface area (TPSA) is 55.1 Å². The first-order valence-corrected chi connectivity index (χ1v) is 8.54. The summed E-state index contributed by atoms with van der Waals surface area (Å²) in [4.78, 5) is 19.0. The summed E-state index contributed by atoms with van der Waals surface area (Å²) in [5.41, 5.74) is 1.82. The lowest BCUT2D eigenvalue weighted by atomic mass is 10.1. The van der Waals surface area contributed by atoms with E-state index in [1.54, 1.807) is 12.5 Å². The first-order valence-electron chi connectivity index (χ1n) is 8.54. The number of fused-ring (bicyclic) bond motifs is 1. The Bertz CT molecular complexity index is 835. The van der Waals surface area contributed by atoms with E-state index in [2.05, 4.69) is 39.9 Å². The number of hydrogen-bond donors (Lipinski definition) is 1. The fourth-order valence-corrected chi connectivity index (χ4v) is 2.98. The number of carbonyl (C=O) groups is 1. The lowest BCUT2D eigenvalue weighted by molar-refractivity contribution is 0.0938. The van der Waals surface area contributed by atoms with Gasteiger partial charge in [0, 0.05) is 55.2 Å². The second-order valence-electron chi connectivity index (χ2n) is 6.69. The molecule has 0 radical (unpaired) electrons. The van der Waals surface area contributed by atoms with Gasteiger partial charge in [0.1, 0.15) is 0 Å². The Balaban J connectivity index is 1.78. The normalized spacial score (nSPS) is 12.6. The minimum Gasteiger partial charge on any atom is -0.348 e. The van der Waals surface area contributed by atoms with Crippen molar-refractivity contribution in [3.8, 4) is 0 Å². The van der Waals surface area contributed by atoms with Crippen molar-refractivity contribution in [1.82, 2.24) is 24.3 Å². The third-order valence-electron chi connectivity index (χ3n) is 4.24. The van der Waals surface area contributed by atoms with E-state index in [-0.39, 0.29) is 11.9 Å². The number of likely N-dealkylation sites (N-methyl/N-ethyl adjacent to an activating group) is 1. The van der Waals surface area contributed by atoms with Gasteiger partial charge in [-0.1, -0.05) is 18.2 Å². The van der Waals surface area contributed by atoms with Gasteiger partial charge in [-0.25, -0.2) is 4.98 Å². The molecule has 0 spiro atoms. The molecule has 0 bridgehead atoms. The van der Waals surface area contributed by atoms with Gasteiger partial charge in [-0.15, -0.1) is 0 Å². The van der Waals surface area contributed by atoms with Gasteiger partial charge in [0.05, 0.1) is 11.9 Å². The highest BCUT2D eigenvalue weighted by Gasteiger charge is 2.16. The molecular weight excluding hydrogens is 314 g/mol. The maximum Gasteiger partial charge on any atom is 0.253 e. The van der Waals surface area contributed by atoms with E-state index in [1.165, 1.54) is 0 Å². The standard InChI is InChI=1S/C19H25N5O/c1-15(12-23-9-8-20-14-23)21-19(25)17-13-24(11-10-22(2)3)18-7-5-4-6-16(17)18/h4-9,13-15H,10-12H2,1-3H3,(H,21,25). The predicted octanol–water partition coefficient (Wildman–Crippen LogP) is 2.22. The molecule has 0 aliphatic heterocycles. The van der Waals surface area contributed by atoms with Crippen molar-refractivity contribution in [1.29, 1.82) is 0 Å². The summed E-state index contributed by atoms with van der Waals surface area (Å²) in [5, 5.41) is 4.09. The molecule has 6 heteroatoms. The Morgan fingerprint density at radius 3 is 2.84 bits per heavy atom. The Morgan fingerprint density at radius 1 is 1.32 bits per heavy atom. The number of hydrogen-bond acceptors (Lipinski definition) is 3. The molecule has 1 aromatic carbocycles. The molecule has 25 heavy (non-hydrogen) atoms. The van der Waals surface area contributed by atoms with Gasteiger partial charge in [-0.3, -0.25) is 4.79 Å². The van der Waals surface area contributed by atoms with Crippen LogP contribution in [0.2, 0.25) is 0 Å². The third-order valence-corrected chi connectivity index (χ3v) is 4.24. The van der Waals surface area contributed by atoms with Gasteiger partial charge in [0.2, 0.25) is 0 Å². The number of para-hydroxylation sites is 1. The average molecular weight is 339 g/mol. The minimum absolute atomic E-state index is 0.0191. The SMILES string of the molecule is CC(Cn1ccnc1)NC(=O)c1cn(CCN(C)C)c2ccccc12. The quantitative estimate of drug-likeness (QED) is 0.718. The molecule has 1 N–H and O–H groups in total. The van der Waals surface area contributed by atoms with Crippen LogP contribution in [0.15, 0.2) is 49.2 Å². The third kappa shape index (κ3) is 4.09. The number of aromatic nitrogens is 3. The van der Waals surface area contributed by atoms with E-state index in [0.717, 1.165) is 29.6 Å². The zero-order valence-electron chi connectivity index (χ0n) is 15.0. The van der Waals surface area contributed by atoms with Gasteiger partial charge >= 0.3 is 0 Å². The van der Waals surface area contributed by atoms with Crippen molar-refractivity contribution >= 4 is 16.8 Å². The lowest BCUT2D eigenvalue weighted by Crippen LogP contribution is -2.35. The number of amides is 1. The molecule has 0 saturated carbocycles. The molecule has 2 heterocycles. The summed E-state index contributed by atoms with van der Waals surface area (Å²) >= 11 is 0. The molecular formula is C19H25N5O. The molecule has 0 aliphatic carbocycles. The minimum atomic E-state index is -0.0348. The number of nitrogens with one attached hydrogen (secondary N) is 1. The number of nitrogens with zero attached hydrogens (tertiary/aromatic N) is 4. The van der Waals surface area contributed by atoms with Crippen LogP contribution in [0.3, 0.4) is 0 Å². The van der Waals surface area contributed by atoms with Gasteiger partial charge in [-0.05, 0) is 27.1 Å². The first kappa shape index (κ1) is 17.2.